The molecule has 4 aliphatic rings. The molecule has 22 heavy (non-hydrogen) atoms. The number of ketones is 1. The summed E-state index contributed by atoms with van der Waals surface area (Å²) in [5.74, 6) is 3.27. The van der Waals surface area contributed by atoms with Crippen LogP contribution in [0.15, 0.2) is 11.6 Å². The topological polar surface area (TPSA) is 37.3 Å². The minimum Gasteiger partial charge on any atom is -0.393 e. The van der Waals surface area contributed by atoms with Crippen molar-refractivity contribution in [2.75, 3.05) is 0 Å². The molecule has 4 rings (SSSR count). The first-order valence-electron chi connectivity index (χ1n) is 9.27. The van der Waals surface area contributed by atoms with Gasteiger partial charge in [-0.3, -0.25) is 4.79 Å². The zero-order valence-electron chi connectivity index (χ0n) is 14.3. The van der Waals surface area contributed by atoms with Crippen molar-refractivity contribution in [3.63, 3.8) is 0 Å². The molecule has 0 aromatic heterocycles. The number of fused-ring (bicyclic) bond motifs is 5. The van der Waals surface area contributed by atoms with Crippen LogP contribution in [-0.2, 0) is 4.79 Å². The van der Waals surface area contributed by atoms with Crippen LogP contribution in [0.5, 0.6) is 0 Å². The average Bonchev–Trinajstić information content (AvgIpc) is 2.79. The highest BCUT2D eigenvalue weighted by Crippen LogP contribution is 2.62. The van der Waals surface area contributed by atoms with Gasteiger partial charge in [-0.2, -0.15) is 0 Å². The quantitative estimate of drug-likeness (QED) is 0.683. The maximum Gasteiger partial charge on any atom is 0.142 e. The molecule has 0 amide bonds. The number of hydrogen-bond acceptors (Lipinski definition) is 2. The predicted octanol–water partition coefficient (Wildman–Crippen LogP) is 4.13. The van der Waals surface area contributed by atoms with Gasteiger partial charge in [0.25, 0.3) is 0 Å². The molecule has 0 aromatic carbocycles. The average molecular weight is 302 g/mol. The van der Waals surface area contributed by atoms with Gasteiger partial charge in [-0.15, -0.1) is 0 Å². The van der Waals surface area contributed by atoms with E-state index in [-0.39, 0.29) is 16.9 Å². The summed E-state index contributed by atoms with van der Waals surface area (Å²) in [6.45, 7) is 6.61. The van der Waals surface area contributed by atoms with E-state index >= 15 is 0 Å². The third kappa shape index (κ3) is 1.79. The van der Waals surface area contributed by atoms with Gasteiger partial charge < -0.3 is 5.11 Å². The normalized spacial score (nSPS) is 49.9. The summed E-state index contributed by atoms with van der Waals surface area (Å²) in [5.41, 5.74) is 1.38. The Morgan fingerprint density at radius 3 is 2.64 bits per heavy atom. The third-order valence-corrected chi connectivity index (χ3v) is 8.07. The number of aliphatic hydroxyl groups excluding tert-OH is 1. The zero-order valence-corrected chi connectivity index (χ0v) is 14.3. The Morgan fingerprint density at radius 2 is 1.86 bits per heavy atom. The minimum atomic E-state index is -0.232. The lowest BCUT2D eigenvalue weighted by molar-refractivity contribution is -0.129. The second-order valence-electron chi connectivity index (χ2n) is 9.16. The first-order valence-corrected chi connectivity index (χ1v) is 9.27. The number of carbonyl (C=O) groups excluding carboxylic acids is 1. The van der Waals surface area contributed by atoms with Gasteiger partial charge in [-0.25, -0.2) is 0 Å². The van der Waals surface area contributed by atoms with Crippen LogP contribution in [0.2, 0.25) is 0 Å². The fourth-order valence-electron chi connectivity index (χ4n) is 6.62. The fraction of sp³-hybridized carbons (Fsp3) is 0.850. The van der Waals surface area contributed by atoms with Crippen LogP contribution >= 0.6 is 0 Å². The number of allylic oxidation sites excluding steroid dienone is 2. The molecular formula is C20H30O2. The summed E-state index contributed by atoms with van der Waals surface area (Å²) < 4.78 is 0. The highest BCUT2D eigenvalue weighted by molar-refractivity contribution is 5.88. The zero-order chi connectivity index (χ0) is 15.7. The molecule has 0 radical (unpaired) electrons. The maximum atomic E-state index is 12.3. The smallest absolute Gasteiger partial charge is 0.142 e. The molecule has 0 saturated heterocycles. The van der Waals surface area contributed by atoms with E-state index in [1.807, 2.05) is 0 Å². The van der Waals surface area contributed by atoms with Gasteiger partial charge in [-0.1, -0.05) is 18.6 Å². The van der Waals surface area contributed by atoms with Crippen LogP contribution in [-0.4, -0.2) is 17.0 Å². The van der Waals surface area contributed by atoms with Gasteiger partial charge in [0.2, 0.25) is 0 Å². The molecule has 2 nitrogen and oxygen atoms in total. The van der Waals surface area contributed by atoms with Crippen LogP contribution in [0.1, 0.15) is 65.7 Å². The molecule has 122 valence electrons. The van der Waals surface area contributed by atoms with Crippen molar-refractivity contribution in [1.29, 1.82) is 0 Å². The number of aliphatic hydroxyl groups is 1. The lowest BCUT2D eigenvalue weighted by atomic mass is 9.50. The van der Waals surface area contributed by atoms with Crippen molar-refractivity contribution in [2.24, 2.45) is 34.5 Å². The summed E-state index contributed by atoms with van der Waals surface area (Å²) in [6.07, 6.45) is 9.95. The van der Waals surface area contributed by atoms with Crippen molar-refractivity contribution in [3.8, 4) is 0 Å². The molecule has 3 saturated carbocycles. The summed E-state index contributed by atoms with van der Waals surface area (Å²) in [6, 6.07) is 0. The first kappa shape index (κ1) is 14.9. The molecule has 1 N–H and O–H groups in total. The predicted molar refractivity (Wildman–Crippen MR) is 87.3 cm³/mol. The summed E-state index contributed by atoms with van der Waals surface area (Å²) in [7, 11) is 0. The fourth-order valence-corrected chi connectivity index (χ4v) is 6.62. The lowest BCUT2D eigenvalue weighted by Gasteiger charge is -2.54. The number of rotatable bonds is 0. The van der Waals surface area contributed by atoms with Crippen molar-refractivity contribution in [2.45, 2.75) is 71.8 Å². The van der Waals surface area contributed by atoms with Crippen LogP contribution in [0.4, 0.5) is 0 Å². The maximum absolute atomic E-state index is 12.3. The van der Waals surface area contributed by atoms with E-state index in [0.717, 1.165) is 37.5 Å². The van der Waals surface area contributed by atoms with E-state index in [1.165, 1.54) is 24.8 Å². The molecule has 0 spiro atoms. The Hall–Kier alpha value is -0.630. The Morgan fingerprint density at radius 1 is 1.09 bits per heavy atom. The SMILES string of the molecule is CC1(C)C(=O)CC[C@@H]2C1=CC[C@@H]1[C@@H]2CC[C@@]2(C)[C@@H]1CC[C@@H]2O. The van der Waals surface area contributed by atoms with E-state index in [9.17, 15) is 9.90 Å². The van der Waals surface area contributed by atoms with Crippen molar-refractivity contribution in [1.82, 2.24) is 0 Å². The molecule has 0 heterocycles. The molecule has 3 fully saturated rings. The van der Waals surface area contributed by atoms with Gasteiger partial charge in [0.1, 0.15) is 5.78 Å². The lowest BCUT2D eigenvalue weighted by Crippen LogP contribution is -2.49. The van der Waals surface area contributed by atoms with Crippen molar-refractivity contribution >= 4 is 5.78 Å². The van der Waals surface area contributed by atoms with Crippen molar-refractivity contribution in [3.05, 3.63) is 11.6 Å². The Kier molecular flexibility index (Phi) is 3.18. The van der Waals surface area contributed by atoms with Gasteiger partial charge in [0.15, 0.2) is 0 Å². The summed E-state index contributed by atoms with van der Waals surface area (Å²) >= 11 is 0. The molecule has 4 aliphatic carbocycles. The van der Waals surface area contributed by atoms with Crippen LogP contribution in [0.3, 0.4) is 0 Å². The Bertz CT molecular complexity index is 532. The molecule has 0 aliphatic heterocycles. The molecule has 0 unspecified atom stereocenters. The van der Waals surface area contributed by atoms with Crippen molar-refractivity contribution < 1.29 is 9.90 Å². The van der Waals surface area contributed by atoms with E-state index < -0.39 is 0 Å². The number of hydrogen-bond donors (Lipinski definition) is 1. The molecule has 6 atom stereocenters. The molecule has 0 aromatic rings. The molecule has 0 bridgehead atoms. The molecule has 2 heteroatoms. The second kappa shape index (κ2) is 4.69. The number of Topliss-reactive ketones (excluding diaryl/α,β-unsaturated/α-hetero) is 1. The first-order chi connectivity index (χ1) is 10.4. The third-order valence-electron chi connectivity index (χ3n) is 8.07. The largest absolute Gasteiger partial charge is 0.393 e. The van der Waals surface area contributed by atoms with Crippen LogP contribution in [0.25, 0.3) is 0 Å². The number of carbonyl (C=O) groups is 1. The van der Waals surface area contributed by atoms with Gasteiger partial charge in [0, 0.05) is 11.8 Å². The summed E-state index contributed by atoms with van der Waals surface area (Å²) in [4.78, 5) is 12.3. The molecular weight excluding hydrogens is 272 g/mol. The Balaban J connectivity index is 1.68. The standard InChI is InChI=1S/C20H30O2/c1-19(2)15-6-4-14-12(13(15)5-8-17(19)21)10-11-20(3)16(14)7-9-18(20)22/h6,12-14,16,18,22H,4-5,7-11H2,1-3H3/t12-,13+,14-,16-,18+,20+/m1/s1. The van der Waals surface area contributed by atoms with Gasteiger partial charge >= 0.3 is 0 Å². The monoisotopic (exact) mass is 302 g/mol. The van der Waals surface area contributed by atoms with E-state index in [0.29, 0.717) is 17.6 Å². The highest BCUT2D eigenvalue weighted by atomic mass is 16.3. The van der Waals surface area contributed by atoms with E-state index in [4.69, 9.17) is 0 Å². The van der Waals surface area contributed by atoms with Gasteiger partial charge in [0.05, 0.1) is 6.10 Å². The van der Waals surface area contributed by atoms with E-state index in [2.05, 4.69) is 26.8 Å². The summed E-state index contributed by atoms with van der Waals surface area (Å²) in [5, 5.41) is 10.5. The van der Waals surface area contributed by atoms with Gasteiger partial charge in [-0.05, 0) is 81.5 Å². The van der Waals surface area contributed by atoms with Crippen LogP contribution in [0, 0.1) is 34.5 Å². The van der Waals surface area contributed by atoms with Crippen LogP contribution < -0.4 is 0 Å². The Labute approximate surface area is 134 Å². The highest BCUT2D eigenvalue weighted by Gasteiger charge is 2.57. The van der Waals surface area contributed by atoms with E-state index in [1.54, 1.807) is 0 Å². The minimum absolute atomic E-state index is 0.0896. The second-order valence-corrected chi connectivity index (χ2v) is 9.16.